The summed E-state index contributed by atoms with van der Waals surface area (Å²) in [6.07, 6.45) is 2.93. The lowest BCUT2D eigenvalue weighted by atomic mass is 10.0. The molecule has 0 unspecified atom stereocenters. The number of nitrogens with two attached hydrogens (primary N) is 4. The highest BCUT2D eigenvalue weighted by Crippen LogP contribution is 2.11. The van der Waals surface area contributed by atoms with E-state index in [2.05, 4.69) is 83.7 Å². The molecular formula is C51H85N15O14S3. The molecule has 0 bridgehead atoms. The van der Waals surface area contributed by atoms with Crippen LogP contribution in [0.25, 0.3) is 0 Å². The zero-order chi connectivity index (χ0) is 62.6. The van der Waals surface area contributed by atoms with Gasteiger partial charge in [-0.2, -0.15) is 37.0 Å². The van der Waals surface area contributed by atoms with Crippen molar-refractivity contribution in [1.82, 2.24) is 58.5 Å². The average Bonchev–Trinajstić information content (AvgIpc) is 3.48. The molecule has 1 aromatic carbocycles. The summed E-state index contributed by atoms with van der Waals surface area (Å²) in [6, 6.07) is -3.20. The standard InChI is InChI=1S/C51H85N15O14S3/c1-28(2)20-34(48(76)63-35(21-30-12-6-5-7-13-30)44(72)57-23-40(68)56-24-41(69)60-33(51(79)80)15-9-11-18-53)62-50(78)38(27-82)66-49(77)36(22-39(55)67)64-46(74)31(14-8-10-17-52)59-42(70)25-58-45(73)37(26-81)65-47(75)32(16-19-83-4)61-43(71)29(3)54/h5-7,12-13,28-29,31-38,81-82H,8-11,14-27,52-54H2,1-4H3,(H2,55,67)(H,56,68)(H,57,72)(H,58,73)(H,59,70)(H,60,69)(H,61,71)(H,62,78)(H,63,76)(H,64,74)(H,65,75)(H,66,77)(H,79,80)/t29-,31-,32-,33-,34-,35-,36-,37-,38-/m0/s1. The maximum atomic E-state index is 14.1. The maximum absolute atomic E-state index is 14.1. The summed E-state index contributed by atoms with van der Waals surface area (Å²) in [5.41, 5.74) is 22.8. The molecule has 0 saturated carbocycles. The van der Waals surface area contributed by atoms with Crippen molar-refractivity contribution in [3.8, 4) is 0 Å². The Hall–Kier alpha value is -6.74. The summed E-state index contributed by atoms with van der Waals surface area (Å²) in [6.45, 7) is 3.55. The normalized spacial score (nSPS) is 14.2. The molecule has 20 N–H and O–H groups in total. The van der Waals surface area contributed by atoms with Crippen molar-refractivity contribution in [3.05, 3.63) is 35.9 Å². The van der Waals surface area contributed by atoms with Crippen LogP contribution in [0.3, 0.4) is 0 Å². The first kappa shape index (κ1) is 74.3. The fraction of sp³-hybridized carbons (Fsp3) is 0.627. The molecule has 83 heavy (non-hydrogen) atoms. The number of unbranched alkanes of at least 4 members (excludes halogenated alkanes) is 2. The van der Waals surface area contributed by atoms with Gasteiger partial charge in [-0.25, -0.2) is 4.79 Å². The number of benzene rings is 1. The van der Waals surface area contributed by atoms with Gasteiger partial charge in [-0.05, 0) is 94.9 Å². The lowest BCUT2D eigenvalue weighted by Gasteiger charge is -2.27. The molecule has 0 saturated heterocycles. The average molecular weight is 1230 g/mol. The van der Waals surface area contributed by atoms with Crippen LogP contribution >= 0.6 is 37.0 Å². The fourth-order valence-electron chi connectivity index (χ4n) is 7.55. The van der Waals surface area contributed by atoms with Crippen molar-refractivity contribution in [2.24, 2.45) is 28.9 Å². The molecule has 0 radical (unpaired) electrons. The number of nitrogens with one attached hydrogen (secondary N) is 11. The van der Waals surface area contributed by atoms with Gasteiger partial charge in [0.2, 0.25) is 70.9 Å². The molecule has 0 aliphatic carbocycles. The van der Waals surface area contributed by atoms with Gasteiger partial charge in [0.1, 0.15) is 48.3 Å². The molecule has 0 aliphatic rings. The first-order chi connectivity index (χ1) is 39.3. The molecule has 0 aliphatic heterocycles. The summed E-state index contributed by atoms with van der Waals surface area (Å²) in [7, 11) is 0. The zero-order valence-corrected chi connectivity index (χ0v) is 49.9. The summed E-state index contributed by atoms with van der Waals surface area (Å²) >= 11 is 9.81. The van der Waals surface area contributed by atoms with Crippen LogP contribution in [0.1, 0.15) is 84.1 Å². The van der Waals surface area contributed by atoms with Gasteiger partial charge in [-0.15, -0.1) is 0 Å². The van der Waals surface area contributed by atoms with Crippen molar-refractivity contribution in [2.45, 2.75) is 139 Å². The minimum absolute atomic E-state index is 0.00716. The van der Waals surface area contributed by atoms with Crippen LogP contribution in [-0.2, 0) is 68.7 Å². The van der Waals surface area contributed by atoms with E-state index in [-0.39, 0.29) is 62.5 Å². The molecule has 0 aromatic heterocycles. The van der Waals surface area contributed by atoms with E-state index in [1.54, 1.807) is 50.4 Å². The molecular weight excluding hydrogens is 1140 g/mol. The van der Waals surface area contributed by atoms with Crippen molar-refractivity contribution in [1.29, 1.82) is 0 Å². The number of carboxylic acid groups (broad SMARTS) is 1. The van der Waals surface area contributed by atoms with Crippen LogP contribution in [0.5, 0.6) is 0 Å². The maximum Gasteiger partial charge on any atom is 0.326 e. The minimum Gasteiger partial charge on any atom is -0.480 e. The van der Waals surface area contributed by atoms with Crippen LogP contribution in [0.15, 0.2) is 30.3 Å². The van der Waals surface area contributed by atoms with E-state index in [4.69, 9.17) is 22.9 Å². The van der Waals surface area contributed by atoms with Crippen molar-refractivity contribution in [3.63, 3.8) is 0 Å². The zero-order valence-electron chi connectivity index (χ0n) is 47.3. The highest BCUT2D eigenvalue weighted by molar-refractivity contribution is 7.98. The third-order valence-corrected chi connectivity index (χ3v) is 13.4. The van der Waals surface area contributed by atoms with Gasteiger partial charge in [-0.1, -0.05) is 44.2 Å². The van der Waals surface area contributed by atoms with E-state index in [1.165, 1.54) is 18.7 Å². The molecule has 1 aromatic rings. The van der Waals surface area contributed by atoms with Crippen molar-refractivity contribution >= 4 is 114 Å². The van der Waals surface area contributed by atoms with Gasteiger partial charge in [-0.3, -0.25) is 57.5 Å². The number of carboxylic acids is 1. The van der Waals surface area contributed by atoms with E-state index in [0.29, 0.717) is 37.1 Å². The first-order valence-electron chi connectivity index (χ1n) is 26.9. The third kappa shape index (κ3) is 30.9. The molecule has 32 heteroatoms. The topological polar surface area (TPSA) is 479 Å². The number of hydrogen-bond donors (Lipinski definition) is 18. The summed E-state index contributed by atoms with van der Waals surface area (Å²) in [5.74, 6) is -11.9. The van der Waals surface area contributed by atoms with E-state index >= 15 is 0 Å². The molecule has 0 fully saturated rings. The minimum atomic E-state index is -1.73. The lowest BCUT2D eigenvalue weighted by Crippen LogP contribution is -2.60. The highest BCUT2D eigenvalue weighted by Gasteiger charge is 2.34. The molecule has 0 heterocycles. The molecule has 12 amide bonds. The lowest BCUT2D eigenvalue weighted by molar-refractivity contribution is -0.142. The Morgan fingerprint density at radius 1 is 0.506 bits per heavy atom. The number of amides is 12. The van der Waals surface area contributed by atoms with E-state index in [9.17, 15) is 67.4 Å². The van der Waals surface area contributed by atoms with Crippen molar-refractivity contribution in [2.75, 3.05) is 56.2 Å². The van der Waals surface area contributed by atoms with Gasteiger partial charge in [0.25, 0.3) is 0 Å². The SMILES string of the molecule is CSCC[C@H](NC(=O)[C@H](C)N)C(=O)N[C@@H](CS)C(=O)NCC(=O)N[C@@H](CCCCN)C(=O)N[C@@H](CC(N)=O)C(=O)N[C@@H](CS)C(=O)N[C@@H](CC(C)C)C(=O)N[C@@H](Cc1ccccc1)C(=O)NCC(=O)NCC(=O)N[C@@H](CCCCN)C(=O)O. The van der Waals surface area contributed by atoms with Crippen LogP contribution in [0, 0.1) is 5.92 Å². The van der Waals surface area contributed by atoms with Crippen LogP contribution < -0.4 is 81.4 Å². The number of thiol groups is 2. The Morgan fingerprint density at radius 2 is 0.928 bits per heavy atom. The number of rotatable bonds is 42. The monoisotopic (exact) mass is 1230 g/mol. The van der Waals surface area contributed by atoms with Crippen LogP contribution in [-0.4, -0.2) is 193 Å². The second-order valence-corrected chi connectivity index (χ2v) is 21.4. The number of carbonyl (C=O) groups excluding carboxylic acids is 12. The Bertz CT molecular complexity index is 2320. The van der Waals surface area contributed by atoms with E-state index in [0.717, 1.165) is 0 Å². The Kier molecular flexibility index (Phi) is 36.9. The Morgan fingerprint density at radius 3 is 1.43 bits per heavy atom. The number of hydrogen-bond acceptors (Lipinski definition) is 19. The molecule has 0 spiro atoms. The Labute approximate surface area is 498 Å². The number of primary amides is 1. The van der Waals surface area contributed by atoms with Gasteiger partial charge in [0.05, 0.1) is 32.1 Å². The molecule has 466 valence electrons. The number of aliphatic carboxylic acids is 1. The number of carbonyl (C=O) groups is 13. The summed E-state index contributed by atoms with van der Waals surface area (Å²) in [4.78, 5) is 170. The smallest absolute Gasteiger partial charge is 0.326 e. The fourth-order valence-corrected chi connectivity index (χ4v) is 8.54. The molecule has 1 rings (SSSR count). The van der Waals surface area contributed by atoms with E-state index < -0.39 is 157 Å². The van der Waals surface area contributed by atoms with E-state index in [1.807, 2.05) is 0 Å². The highest BCUT2D eigenvalue weighted by atomic mass is 32.2. The summed E-state index contributed by atoms with van der Waals surface area (Å²) in [5, 5.41) is 36.4. The van der Waals surface area contributed by atoms with Crippen LogP contribution in [0.4, 0.5) is 0 Å². The van der Waals surface area contributed by atoms with Crippen molar-refractivity contribution < 1.29 is 67.4 Å². The summed E-state index contributed by atoms with van der Waals surface area (Å²) < 4.78 is 0. The van der Waals surface area contributed by atoms with Gasteiger partial charge >= 0.3 is 5.97 Å². The predicted molar refractivity (Wildman–Crippen MR) is 316 cm³/mol. The predicted octanol–water partition coefficient (Wildman–Crippen LogP) is -5.32. The molecule has 9 atom stereocenters. The Balaban J connectivity index is 3.20. The third-order valence-electron chi connectivity index (χ3n) is 12.1. The van der Waals surface area contributed by atoms with Crippen LogP contribution in [0.2, 0.25) is 0 Å². The largest absolute Gasteiger partial charge is 0.480 e. The van der Waals surface area contributed by atoms with Gasteiger partial charge in [0.15, 0.2) is 0 Å². The quantitative estimate of drug-likeness (QED) is 0.0215. The number of thioether (sulfide) groups is 1. The van der Waals surface area contributed by atoms with Gasteiger partial charge < -0.3 is 86.5 Å². The second kappa shape index (κ2) is 41.3. The molecule has 29 nitrogen and oxygen atoms in total. The second-order valence-electron chi connectivity index (χ2n) is 19.7. The van der Waals surface area contributed by atoms with Gasteiger partial charge in [0, 0.05) is 17.9 Å². The first-order valence-corrected chi connectivity index (χ1v) is 29.6.